The van der Waals surface area contributed by atoms with Crippen LogP contribution in [-0.4, -0.2) is 18.0 Å². The molecular weight excluding hydrogens is 328 g/mol. The van der Waals surface area contributed by atoms with Gasteiger partial charge in [-0.1, -0.05) is 27.5 Å². The SMILES string of the molecule is O=C(c1cc(Br)ccc1Cl)C1CCOC2(CCC2)C1. The van der Waals surface area contributed by atoms with Crippen LogP contribution in [0, 0.1) is 5.92 Å². The number of carbonyl (C=O) groups is 1. The molecule has 0 radical (unpaired) electrons. The maximum absolute atomic E-state index is 12.6. The molecule has 1 spiro atoms. The highest BCUT2D eigenvalue weighted by molar-refractivity contribution is 9.10. The van der Waals surface area contributed by atoms with Gasteiger partial charge in [0.25, 0.3) is 0 Å². The van der Waals surface area contributed by atoms with Crippen LogP contribution in [-0.2, 0) is 4.74 Å². The average molecular weight is 344 g/mol. The molecule has 1 heterocycles. The first-order valence-electron chi connectivity index (χ1n) is 6.73. The van der Waals surface area contributed by atoms with Crippen molar-refractivity contribution in [1.82, 2.24) is 0 Å². The van der Waals surface area contributed by atoms with Gasteiger partial charge in [-0.05, 0) is 50.3 Å². The van der Waals surface area contributed by atoms with Crippen LogP contribution in [0.1, 0.15) is 42.5 Å². The maximum Gasteiger partial charge on any atom is 0.167 e. The van der Waals surface area contributed by atoms with Crippen molar-refractivity contribution in [2.75, 3.05) is 6.61 Å². The molecule has 3 rings (SSSR count). The lowest BCUT2D eigenvalue weighted by molar-refractivity contribution is -0.137. The third kappa shape index (κ3) is 2.61. The zero-order valence-electron chi connectivity index (χ0n) is 10.6. The fourth-order valence-corrected chi connectivity index (χ4v) is 3.65. The van der Waals surface area contributed by atoms with Crippen LogP contribution in [0.5, 0.6) is 0 Å². The van der Waals surface area contributed by atoms with Gasteiger partial charge in [-0.3, -0.25) is 4.79 Å². The Hall–Kier alpha value is -0.380. The molecular formula is C15H16BrClO2. The zero-order chi connectivity index (χ0) is 13.5. The van der Waals surface area contributed by atoms with Crippen LogP contribution < -0.4 is 0 Å². The second-order valence-electron chi connectivity index (χ2n) is 5.56. The van der Waals surface area contributed by atoms with Gasteiger partial charge in [-0.2, -0.15) is 0 Å². The second-order valence-corrected chi connectivity index (χ2v) is 6.89. The van der Waals surface area contributed by atoms with E-state index in [2.05, 4.69) is 15.9 Å². The molecule has 1 aromatic carbocycles. The Balaban J connectivity index is 1.81. The molecule has 1 aliphatic heterocycles. The molecule has 1 aromatic rings. The Labute approximate surface area is 126 Å². The molecule has 102 valence electrons. The van der Waals surface area contributed by atoms with Gasteiger partial charge in [-0.15, -0.1) is 0 Å². The van der Waals surface area contributed by atoms with Gasteiger partial charge in [0.1, 0.15) is 0 Å². The summed E-state index contributed by atoms with van der Waals surface area (Å²) in [5, 5.41) is 0.544. The summed E-state index contributed by atoms with van der Waals surface area (Å²) in [5.41, 5.74) is 0.634. The first-order chi connectivity index (χ1) is 9.10. The number of halogens is 2. The van der Waals surface area contributed by atoms with Crippen molar-refractivity contribution >= 4 is 33.3 Å². The van der Waals surface area contributed by atoms with Gasteiger partial charge in [0.2, 0.25) is 0 Å². The van der Waals surface area contributed by atoms with Crippen LogP contribution in [0.4, 0.5) is 0 Å². The van der Waals surface area contributed by atoms with Crippen molar-refractivity contribution in [3.8, 4) is 0 Å². The summed E-state index contributed by atoms with van der Waals surface area (Å²) in [7, 11) is 0. The molecule has 1 saturated carbocycles. The number of benzene rings is 1. The smallest absolute Gasteiger partial charge is 0.167 e. The van der Waals surface area contributed by atoms with E-state index in [9.17, 15) is 4.79 Å². The van der Waals surface area contributed by atoms with E-state index in [1.165, 1.54) is 6.42 Å². The van der Waals surface area contributed by atoms with E-state index in [-0.39, 0.29) is 17.3 Å². The van der Waals surface area contributed by atoms with E-state index in [1.807, 2.05) is 12.1 Å². The molecule has 0 N–H and O–H groups in total. The van der Waals surface area contributed by atoms with Crippen LogP contribution >= 0.6 is 27.5 Å². The third-order valence-corrected chi connectivity index (χ3v) is 5.15. The van der Waals surface area contributed by atoms with E-state index in [0.717, 1.165) is 30.2 Å². The van der Waals surface area contributed by atoms with Gasteiger partial charge in [0.15, 0.2) is 5.78 Å². The molecule has 1 saturated heterocycles. The predicted octanol–water partition coefficient (Wildman–Crippen LogP) is 4.63. The van der Waals surface area contributed by atoms with Crippen LogP contribution in [0.2, 0.25) is 5.02 Å². The van der Waals surface area contributed by atoms with Crippen molar-refractivity contribution in [3.05, 3.63) is 33.3 Å². The third-order valence-electron chi connectivity index (χ3n) is 4.32. The van der Waals surface area contributed by atoms with Crippen LogP contribution in [0.15, 0.2) is 22.7 Å². The van der Waals surface area contributed by atoms with Gasteiger partial charge in [-0.25, -0.2) is 0 Å². The Morgan fingerprint density at radius 1 is 1.42 bits per heavy atom. The minimum Gasteiger partial charge on any atom is -0.375 e. The monoisotopic (exact) mass is 342 g/mol. The van der Waals surface area contributed by atoms with Crippen molar-refractivity contribution in [1.29, 1.82) is 0 Å². The summed E-state index contributed by atoms with van der Waals surface area (Å²) in [4.78, 5) is 12.6. The van der Waals surface area contributed by atoms with Crippen molar-refractivity contribution in [2.24, 2.45) is 5.92 Å². The van der Waals surface area contributed by atoms with Gasteiger partial charge >= 0.3 is 0 Å². The lowest BCUT2D eigenvalue weighted by Crippen LogP contribution is -2.47. The largest absolute Gasteiger partial charge is 0.375 e. The molecule has 0 aromatic heterocycles. The highest BCUT2D eigenvalue weighted by atomic mass is 79.9. The minimum absolute atomic E-state index is 0.00291. The quantitative estimate of drug-likeness (QED) is 0.732. The number of rotatable bonds is 2. The maximum atomic E-state index is 12.6. The number of ether oxygens (including phenoxy) is 1. The lowest BCUT2D eigenvalue weighted by Gasteiger charge is -2.46. The lowest BCUT2D eigenvalue weighted by atomic mass is 9.70. The Kier molecular flexibility index (Phi) is 3.71. The molecule has 0 amide bonds. The van der Waals surface area contributed by atoms with E-state index in [1.54, 1.807) is 6.07 Å². The fraction of sp³-hybridized carbons (Fsp3) is 0.533. The van der Waals surface area contributed by atoms with E-state index in [0.29, 0.717) is 17.2 Å². The zero-order valence-corrected chi connectivity index (χ0v) is 13.0. The summed E-state index contributed by atoms with van der Waals surface area (Å²) in [6.45, 7) is 0.696. The topological polar surface area (TPSA) is 26.3 Å². The van der Waals surface area contributed by atoms with Gasteiger partial charge < -0.3 is 4.74 Å². The predicted molar refractivity (Wildman–Crippen MR) is 78.7 cm³/mol. The molecule has 2 fully saturated rings. The molecule has 2 aliphatic rings. The summed E-state index contributed by atoms with van der Waals surface area (Å²) in [6.07, 6.45) is 5.09. The molecule has 19 heavy (non-hydrogen) atoms. The van der Waals surface area contributed by atoms with E-state index >= 15 is 0 Å². The number of carbonyl (C=O) groups excluding carboxylic acids is 1. The Morgan fingerprint density at radius 3 is 2.89 bits per heavy atom. The Bertz CT molecular complexity index is 511. The van der Waals surface area contributed by atoms with E-state index in [4.69, 9.17) is 16.3 Å². The first-order valence-corrected chi connectivity index (χ1v) is 7.90. The molecule has 1 atom stereocenters. The first kappa shape index (κ1) is 13.6. The van der Waals surface area contributed by atoms with Crippen molar-refractivity contribution in [2.45, 2.75) is 37.7 Å². The Morgan fingerprint density at radius 2 is 2.21 bits per heavy atom. The number of Topliss-reactive ketones (excluding diaryl/α,β-unsaturated/α-hetero) is 1. The molecule has 4 heteroatoms. The number of hydrogen-bond acceptors (Lipinski definition) is 2. The second kappa shape index (κ2) is 5.19. The molecule has 0 bridgehead atoms. The fourth-order valence-electron chi connectivity index (χ4n) is 3.08. The number of hydrogen-bond donors (Lipinski definition) is 0. The average Bonchev–Trinajstić information content (AvgIpc) is 2.39. The summed E-state index contributed by atoms with van der Waals surface area (Å²) in [5.74, 6) is 0.224. The highest BCUT2D eigenvalue weighted by Crippen LogP contribution is 2.45. The van der Waals surface area contributed by atoms with Gasteiger partial charge in [0, 0.05) is 22.6 Å². The van der Waals surface area contributed by atoms with Crippen molar-refractivity contribution < 1.29 is 9.53 Å². The molecule has 2 nitrogen and oxygen atoms in total. The van der Waals surface area contributed by atoms with E-state index < -0.39 is 0 Å². The minimum atomic E-state index is -0.00291. The number of ketones is 1. The van der Waals surface area contributed by atoms with Crippen LogP contribution in [0.25, 0.3) is 0 Å². The standard InChI is InChI=1S/C15H16BrClO2/c16-11-2-3-13(17)12(8-11)14(18)10-4-7-19-15(9-10)5-1-6-15/h2-3,8,10H,1,4-7,9H2. The van der Waals surface area contributed by atoms with Gasteiger partial charge in [0.05, 0.1) is 10.6 Å². The summed E-state index contributed by atoms with van der Waals surface area (Å²) < 4.78 is 6.77. The molecule has 1 aliphatic carbocycles. The normalized spacial score (nSPS) is 25.1. The van der Waals surface area contributed by atoms with Crippen molar-refractivity contribution in [3.63, 3.8) is 0 Å². The summed E-state index contributed by atoms with van der Waals surface area (Å²) in [6, 6.07) is 5.46. The highest BCUT2D eigenvalue weighted by Gasteiger charge is 2.44. The van der Waals surface area contributed by atoms with Crippen LogP contribution in [0.3, 0.4) is 0 Å². The summed E-state index contributed by atoms with van der Waals surface area (Å²) >= 11 is 9.56. The molecule has 1 unspecified atom stereocenters.